The van der Waals surface area contributed by atoms with Crippen LogP contribution in [0.25, 0.3) is 0 Å². The first-order chi connectivity index (χ1) is 7.69. The Kier molecular flexibility index (Phi) is 5.19. The Balaban J connectivity index is 2.81. The topological polar surface area (TPSA) is 43.4 Å². The van der Waals surface area contributed by atoms with E-state index in [0.29, 0.717) is 16.2 Å². The van der Waals surface area contributed by atoms with Gasteiger partial charge in [-0.15, -0.1) is 0 Å². The lowest BCUT2D eigenvalue weighted by Gasteiger charge is -2.03. The summed E-state index contributed by atoms with van der Waals surface area (Å²) in [6, 6.07) is 6.80. The molecule has 0 heterocycles. The minimum Gasteiger partial charge on any atom is -0.465 e. The van der Waals surface area contributed by atoms with E-state index in [1.807, 2.05) is 0 Å². The number of rotatable bonds is 5. The fourth-order valence-corrected chi connectivity index (χ4v) is 2.55. The van der Waals surface area contributed by atoms with Gasteiger partial charge in [0.25, 0.3) is 0 Å². The van der Waals surface area contributed by atoms with Crippen molar-refractivity contribution in [3.05, 3.63) is 29.8 Å². The summed E-state index contributed by atoms with van der Waals surface area (Å²) in [5, 5.41) is 0. The maximum Gasteiger partial charge on any atom is 0.337 e. The summed E-state index contributed by atoms with van der Waals surface area (Å²) >= 11 is 0. The number of hydrogen-bond donors (Lipinski definition) is 0. The van der Waals surface area contributed by atoms with Gasteiger partial charge >= 0.3 is 5.97 Å². The number of methoxy groups -OCH3 is 1. The van der Waals surface area contributed by atoms with Crippen molar-refractivity contribution in [1.82, 2.24) is 0 Å². The maximum atomic E-state index is 11.8. The minimum atomic E-state index is -1.02. The first kappa shape index (κ1) is 12.9. The third kappa shape index (κ3) is 3.45. The standard InChI is InChI=1S/C12H16O3S/c1-3-4-8-16(14)11-7-5-6-10(9-11)12(13)15-2/h5-7,9H,3-4,8H2,1-2H3. The van der Waals surface area contributed by atoms with Gasteiger partial charge in [-0.2, -0.15) is 0 Å². The lowest BCUT2D eigenvalue weighted by molar-refractivity contribution is 0.0600. The van der Waals surface area contributed by atoms with Crippen LogP contribution in [-0.2, 0) is 15.5 Å². The summed E-state index contributed by atoms with van der Waals surface area (Å²) in [6.07, 6.45) is 1.94. The fourth-order valence-electron chi connectivity index (χ4n) is 1.28. The molecule has 0 bridgehead atoms. The lowest BCUT2D eigenvalue weighted by atomic mass is 10.2. The molecule has 0 fully saturated rings. The third-order valence-electron chi connectivity index (χ3n) is 2.20. The van der Waals surface area contributed by atoms with Crippen LogP contribution < -0.4 is 0 Å². The van der Waals surface area contributed by atoms with E-state index in [0.717, 1.165) is 12.8 Å². The molecule has 3 nitrogen and oxygen atoms in total. The summed E-state index contributed by atoms with van der Waals surface area (Å²) < 4.78 is 16.4. The van der Waals surface area contributed by atoms with Gasteiger partial charge in [-0.1, -0.05) is 19.4 Å². The summed E-state index contributed by atoms with van der Waals surface area (Å²) in [4.78, 5) is 12.0. The summed E-state index contributed by atoms with van der Waals surface area (Å²) in [5.74, 6) is 0.246. The molecule has 0 amide bonds. The molecule has 88 valence electrons. The molecule has 0 aliphatic heterocycles. The zero-order valence-corrected chi connectivity index (χ0v) is 10.4. The van der Waals surface area contributed by atoms with Crippen molar-refractivity contribution in [1.29, 1.82) is 0 Å². The molecule has 1 aromatic carbocycles. The van der Waals surface area contributed by atoms with Crippen LogP contribution in [0.2, 0.25) is 0 Å². The number of benzene rings is 1. The number of carbonyl (C=O) groups is 1. The Morgan fingerprint density at radius 3 is 2.81 bits per heavy atom. The average Bonchev–Trinajstić information content (AvgIpc) is 2.35. The molecular weight excluding hydrogens is 224 g/mol. The van der Waals surface area contributed by atoms with Crippen LogP contribution in [0.1, 0.15) is 30.1 Å². The molecule has 1 atom stereocenters. The van der Waals surface area contributed by atoms with Crippen LogP contribution in [0.5, 0.6) is 0 Å². The van der Waals surface area contributed by atoms with E-state index in [-0.39, 0.29) is 0 Å². The monoisotopic (exact) mass is 240 g/mol. The van der Waals surface area contributed by atoms with Crippen molar-refractivity contribution < 1.29 is 13.7 Å². The SMILES string of the molecule is CCCCS(=O)c1cccc(C(=O)OC)c1. The molecule has 0 radical (unpaired) electrons. The predicted molar refractivity (Wildman–Crippen MR) is 64.0 cm³/mol. The van der Waals surface area contributed by atoms with Gasteiger partial charge in [0.1, 0.15) is 0 Å². The second kappa shape index (κ2) is 6.43. The van der Waals surface area contributed by atoms with Crippen LogP contribution in [-0.4, -0.2) is 23.0 Å². The number of carbonyl (C=O) groups excluding carboxylic acids is 1. The van der Waals surface area contributed by atoms with Gasteiger partial charge in [0.2, 0.25) is 0 Å². The van der Waals surface area contributed by atoms with E-state index in [1.165, 1.54) is 7.11 Å². The van der Waals surface area contributed by atoms with Crippen LogP contribution >= 0.6 is 0 Å². The van der Waals surface area contributed by atoms with Gasteiger partial charge in [0, 0.05) is 10.6 Å². The highest BCUT2D eigenvalue weighted by molar-refractivity contribution is 7.85. The highest BCUT2D eigenvalue weighted by atomic mass is 32.2. The first-order valence-electron chi connectivity index (χ1n) is 5.25. The van der Waals surface area contributed by atoms with E-state index in [1.54, 1.807) is 24.3 Å². The highest BCUT2D eigenvalue weighted by Gasteiger charge is 2.08. The van der Waals surface area contributed by atoms with Crippen molar-refractivity contribution in [2.75, 3.05) is 12.9 Å². The largest absolute Gasteiger partial charge is 0.465 e. The molecule has 0 aliphatic rings. The molecule has 0 saturated carbocycles. The average molecular weight is 240 g/mol. The number of hydrogen-bond acceptors (Lipinski definition) is 3. The molecule has 1 unspecified atom stereocenters. The van der Waals surface area contributed by atoms with Crippen LogP contribution in [0, 0.1) is 0 Å². The molecule has 1 rings (SSSR count). The molecule has 0 saturated heterocycles. The summed E-state index contributed by atoms with van der Waals surface area (Å²) in [7, 11) is 0.316. The molecule has 4 heteroatoms. The van der Waals surface area contributed by atoms with Crippen molar-refractivity contribution in [3.63, 3.8) is 0 Å². The van der Waals surface area contributed by atoms with Crippen molar-refractivity contribution in [2.24, 2.45) is 0 Å². The molecule has 0 aliphatic carbocycles. The Hall–Kier alpha value is -1.16. The Morgan fingerprint density at radius 2 is 2.19 bits per heavy atom. The highest BCUT2D eigenvalue weighted by Crippen LogP contribution is 2.12. The van der Waals surface area contributed by atoms with Gasteiger partial charge in [-0.3, -0.25) is 4.21 Å². The fraction of sp³-hybridized carbons (Fsp3) is 0.417. The van der Waals surface area contributed by atoms with Gasteiger partial charge in [-0.25, -0.2) is 4.79 Å². The van der Waals surface area contributed by atoms with E-state index in [2.05, 4.69) is 11.7 Å². The van der Waals surface area contributed by atoms with Gasteiger partial charge in [-0.05, 0) is 24.6 Å². The Labute approximate surface area is 98.3 Å². The number of ether oxygens (including phenoxy) is 1. The maximum absolute atomic E-state index is 11.8. The van der Waals surface area contributed by atoms with Crippen LogP contribution in [0.3, 0.4) is 0 Å². The predicted octanol–water partition coefficient (Wildman–Crippen LogP) is 2.38. The second-order valence-corrected chi connectivity index (χ2v) is 4.99. The van der Waals surface area contributed by atoms with E-state index >= 15 is 0 Å². The Bertz CT molecular complexity index is 388. The van der Waals surface area contributed by atoms with E-state index < -0.39 is 16.8 Å². The van der Waals surface area contributed by atoms with Gasteiger partial charge in [0.15, 0.2) is 0 Å². The molecule has 16 heavy (non-hydrogen) atoms. The smallest absolute Gasteiger partial charge is 0.337 e. The second-order valence-electron chi connectivity index (χ2n) is 3.42. The summed E-state index contributed by atoms with van der Waals surface area (Å²) in [6.45, 7) is 2.06. The Morgan fingerprint density at radius 1 is 1.44 bits per heavy atom. The quantitative estimate of drug-likeness (QED) is 0.742. The van der Waals surface area contributed by atoms with Crippen LogP contribution in [0.4, 0.5) is 0 Å². The van der Waals surface area contributed by atoms with Crippen molar-refractivity contribution >= 4 is 16.8 Å². The van der Waals surface area contributed by atoms with Gasteiger partial charge < -0.3 is 4.74 Å². The number of esters is 1. The number of unbranched alkanes of at least 4 members (excludes halogenated alkanes) is 1. The minimum absolute atomic E-state index is 0.394. The molecule has 0 spiro atoms. The van der Waals surface area contributed by atoms with Crippen molar-refractivity contribution in [2.45, 2.75) is 24.7 Å². The van der Waals surface area contributed by atoms with Crippen LogP contribution in [0.15, 0.2) is 29.2 Å². The zero-order chi connectivity index (χ0) is 12.0. The molecule has 0 N–H and O–H groups in total. The molecule has 1 aromatic rings. The summed E-state index contributed by atoms with van der Waals surface area (Å²) in [5.41, 5.74) is 0.449. The zero-order valence-electron chi connectivity index (χ0n) is 9.56. The molecule has 0 aromatic heterocycles. The third-order valence-corrected chi connectivity index (χ3v) is 3.64. The first-order valence-corrected chi connectivity index (χ1v) is 6.57. The lowest BCUT2D eigenvalue weighted by Crippen LogP contribution is -2.03. The van der Waals surface area contributed by atoms with E-state index in [4.69, 9.17) is 0 Å². The normalized spacial score (nSPS) is 12.1. The van der Waals surface area contributed by atoms with Crippen molar-refractivity contribution in [3.8, 4) is 0 Å². The van der Waals surface area contributed by atoms with E-state index in [9.17, 15) is 9.00 Å². The van der Waals surface area contributed by atoms with Gasteiger partial charge in [0.05, 0.1) is 23.5 Å². The molecular formula is C12H16O3S.